The fourth-order valence-corrected chi connectivity index (χ4v) is 4.17. The van der Waals surface area contributed by atoms with Crippen molar-refractivity contribution in [3.63, 3.8) is 0 Å². The van der Waals surface area contributed by atoms with Crippen molar-refractivity contribution in [1.82, 2.24) is 19.4 Å². The van der Waals surface area contributed by atoms with E-state index in [-0.39, 0.29) is 23.8 Å². The minimum Gasteiger partial charge on any atom is -0.336 e. The van der Waals surface area contributed by atoms with E-state index in [2.05, 4.69) is 9.97 Å². The first-order valence-electron chi connectivity index (χ1n) is 7.14. The molecule has 25 heavy (non-hydrogen) atoms. The van der Waals surface area contributed by atoms with Gasteiger partial charge in [-0.1, -0.05) is 0 Å². The molecule has 1 aliphatic heterocycles. The van der Waals surface area contributed by atoms with Crippen LogP contribution in [0.15, 0.2) is 35.9 Å². The zero-order valence-corrected chi connectivity index (χ0v) is 13.8. The number of carbonyl (C=O) groups is 1. The first-order chi connectivity index (χ1) is 11.6. The molecule has 0 saturated carbocycles. The number of carbonyl (C=O) groups excluding carboxylic acids is 1. The number of hydrogen-bond donors (Lipinski definition) is 0. The standard InChI is InChI=1S/C14H13F3N4O3S/c1-20-5-4-18-13(20)25(23,24)10-7-21(8-10)12(22)9-2-3-11(19-6-9)14(15,16)17/h2-6,10H,7-8H2,1H3. The first kappa shape index (κ1) is 17.4. The molecule has 0 N–H and O–H groups in total. The predicted octanol–water partition coefficient (Wildman–Crippen LogP) is 1.13. The quantitative estimate of drug-likeness (QED) is 0.804. The maximum atomic E-state index is 12.5. The van der Waals surface area contributed by atoms with Gasteiger partial charge in [-0.3, -0.25) is 9.78 Å². The number of amides is 1. The summed E-state index contributed by atoms with van der Waals surface area (Å²) in [5.41, 5.74) is -1.12. The van der Waals surface area contributed by atoms with E-state index in [0.29, 0.717) is 0 Å². The van der Waals surface area contributed by atoms with Crippen molar-refractivity contribution in [2.24, 2.45) is 7.05 Å². The van der Waals surface area contributed by atoms with E-state index in [1.165, 1.54) is 21.9 Å². The molecule has 0 bridgehead atoms. The molecule has 134 valence electrons. The molecular formula is C14H13F3N4O3S. The van der Waals surface area contributed by atoms with Gasteiger partial charge in [-0.15, -0.1) is 0 Å². The number of nitrogens with zero attached hydrogens (tertiary/aromatic N) is 4. The van der Waals surface area contributed by atoms with E-state index in [1.54, 1.807) is 7.05 Å². The molecule has 1 amide bonds. The van der Waals surface area contributed by atoms with Crippen LogP contribution in [0.3, 0.4) is 0 Å². The molecule has 1 fully saturated rings. The third-order valence-electron chi connectivity index (χ3n) is 3.91. The number of halogens is 3. The Bertz CT molecular complexity index is 900. The number of imidazole rings is 1. The zero-order chi connectivity index (χ0) is 18.4. The van der Waals surface area contributed by atoms with Crippen molar-refractivity contribution < 1.29 is 26.4 Å². The molecule has 1 saturated heterocycles. The van der Waals surface area contributed by atoms with Crippen LogP contribution in [0.5, 0.6) is 0 Å². The lowest BCUT2D eigenvalue weighted by Crippen LogP contribution is -2.57. The number of aryl methyl sites for hydroxylation is 1. The molecule has 2 aromatic heterocycles. The summed E-state index contributed by atoms with van der Waals surface area (Å²) in [6.07, 6.45) is -0.879. The fraction of sp³-hybridized carbons (Fsp3) is 0.357. The van der Waals surface area contributed by atoms with Gasteiger partial charge in [0.2, 0.25) is 15.0 Å². The molecule has 1 aliphatic rings. The summed E-state index contributed by atoms with van der Waals surface area (Å²) >= 11 is 0. The van der Waals surface area contributed by atoms with Gasteiger partial charge in [0.05, 0.1) is 5.56 Å². The van der Waals surface area contributed by atoms with Crippen LogP contribution in [0, 0.1) is 0 Å². The van der Waals surface area contributed by atoms with Crippen LogP contribution in [-0.4, -0.2) is 52.1 Å². The van der Waals surface area contributed by atoms with E-state index in [9.17, 15) is 26.4 Å². The lowest BCUT2D eigenvalue weighted by atomic mass is 10.1. The Morgan fingerprint density at radius 2 is 1.92 bits per heavy atom. The molecule has 0 radical (unpaired) electrons. The number of hydrogen-bond acceptors (Lipinski definition) is 5. The molecule has 0 unspecified atom stereocenters. The van der Waals surface area contributed by atoms with E-state index < -0.39 is 32.9 Å². The van der Waals surface area contributed by atoms with E-state index >= 15 is 0 Å². The second-order valence-electron chi connectivity index (χ2n) is 5.63. The smallest absolute Gasteiger partial charge is 0.336 e. The van der Waals surface area contributed by atoms with Crippen molar-refractivity contribution in [2.45, 2.75) is 16.6 Å². The van der Waals surface area contributed by atoms with Crippen molar-refractivity contribution in [1.29, 1.82) is 0 Å². The van der Waals surface area contributed by atoms with Crippen LogP contribution in [-0.2, 0) is 23.1 Å². The summed E-state index contributed by atoms with van der Waals surface area (Å²) in [6, 6.07) is 1.74. The van der Waals surface area contributed by atoms with Crippen molar-refractivity contribution in [3.05, 3.63) is 42.0 Å². The Balaban J connectivity index is 1.68. The lowest BCUT2D eigenvalue weighted by molar-refractivity contribution is -0.141. The molecule has 0 spiro atoms. The second-order valence-corrected chi connectivity index (χ2v) is 7.75. The lowest BCUT2D eigenvalue weighted by Gasteiger charge is -2.38. The molecular weight excluding hydrogens is 361 g/mol. The van der Waals surface area contributed by atoms with Crippen LogP contribution in [0.2, 0.25) is 0 Å². The summed E-state index contributed by atoms with van der Waals surface area (Å²) in [6.45, 7) is -0.0932. The third kappa shape index (κ3) is 3.11. The Morgan fingerprint density at radius 3 is 2.40 bits per heavy atom. The number of alkyl halides is 3. The van der Waals surface area contributed by atoms with Gasteiger partial charge in [-0.25, -0.2) is 13.4 Å². The molecule has 11 heteroatoms. The minimum absolute atomic E-state index is 0.0270. The average molecular weight is 374 g/mol. The Hall–Kier alpha value is -2.43. The Morgan fingerprint density at radius 1 is 1.24 bits per heavy atom. The molecule has 0 aliphatic carbocycles. The van der Waals surface area contributed by atoms with Gasteiger partial charge in [0.15, 0.2) is 0 Å². The summed E-state index contributed by atoms with van der Waals surface area (Å²) < 4.78 is 63.6. The maximum absolute atomic E-state index is 12.5. The zero-order valence-electron chi connectivity index (χ0n) is 12.9. The highest BCUT2D eigenvalue weighted by atomic mass is 32.2. The van der Waals surface area contributed by atoms with Gasteiger partial charge in [-0.2, -0.15) is 13.2 Å². The molecule has 0 aromatic carbocycles. The van der Waals surface area contributed by atoms with Crippen LogP contribution < -0.4 is 0 Å². The van der Waals surface area contributed by atoms with Crippen LogP contribution in [0.1, 0.15) is 16.1 Å². The Labute approximate surface area is 141 Å². The average Bonchev–Trinajstić information content (AvgIpc) is 2.91. The van der Waals surface area contributed by atoms with Gasteiger partial charge in [-0.05, 0) is 12.1 Å². The van der Waals surface area contributed by atoms with Crippen molar-refractivity contribution >= 4 is 15.7 Å². The number of sulfone groups is 1. The van der Waals surface area contributed by atoms with Crippen molar-refractivity contribution in [2.75, 3.05) is 13.1 Å². The topological polar surface area (TPSA) is 85.2 Å². The van der Waals surface area contributed by atoms with Crippen LogP contribution >= 0.6 is 0 Å². The predicted molar refractivity (Wildman–Crippen MR) is 79.3 cm³/mol. The van der Waals surface area contributed by atoms with Crippen molar-refractivity contribution in [3.8, 4) is 0 Å². The molecule has 7 nitrogen and oxygen atoms in total. The van der Waals surface area contributed by atoms with E-state index in [4.69, 9.17) is 0 Å². The highest BCUT2D eigenvalue weighted by Gasteiger charge is 2.42. The van der Waals surface area contributed by atoms with E-state index in [0.717, 1.165) is 18.3 Å². The molecule has 3 rings (SSSR count). The van der Waals surface area contributed by atoms with Gasteiger partial charge < -0.3 is 9.47 Å². The normalized spacial score (nSPS) is 15.9. The van der Waals surface area contributed by atoms with Crippen LogP contribution in [0.4, 0.5) is 13.2 Å². The molecule has 2 aromatic rings. The number of pyridine rings is 1. The number of rotatable bonds is 3. The highest BCUT2D eigenvalue weighted by Crippen LogP contribution is 2.28. The summed E-state index contributed by atoms with van der Waals surface area (Å²) in [5.74, 6) is -0.562. The first-order valence-corrected chi connectivity index (χ1v) is 8.69. The largest absolute Gasteiger partial charge is 0.433 e. The van der Waals surface area contributed by atoms with Crippen LogP contribution in [0.25, 0.3) is 0 Å². The Kier molecular flexibility index (Phi) is 4.06. The maximum Gasteiger partial charge on any atom is 0.433 e. The SMILES string of the molecule is Cn1ccnc1S(=O)(=O)C1CN(C(=O)c2ccc(C(F)(F)F)nc2)C1. The van der Waals surface area contributed by atoms with Gasteiger partial charge >= 0.3 is 6.18 Å². The number of aromatic nitrogens is 3. The second kappa shape index (κ2) is 5.83. The fourth-order valence-electron chi connectivity index (χ4n) is 2.45. The van der Waals surface area contributed by atoms with Gasteiger partial charge in [0.25, 0.3) is 5.91 Å². The van der Waals surface area contributed by atoms with Gasteiger partial charge in [0, 0.05) is 38.7 Å². The summed E-state index contributed by atoms with van der Waals surface area (Å²) in [4.78, 5) is 20.5. The molecule has 3 heterocycles. The summed E-state index contributed by atoms with van der Waals surface area (Å²) in [7, 11) is -2.12. The minimum atomic E-state index is -4.58. The number of likely N-dealkylation sites (tertiary alicyclic amines) is 1. The monoisotopic (exact) mass is 374 g/mol. The van der Waals surface area contributed by atoms with Gasteiger partial charge in [0.1, 0.15) is 10.9 Å². The molecule has 0 atom stereocenters. The summed E-state index contributed by atoms with van der Waals surface area (Å²) in [5, 5.41) is -0.874. The van der Waals surface area contributed by atoms with E-state index in [1.807, 2.05) is 0 Å². The highest BCUT2D eigenvalue weighted by molar-refractivity contribution is 7.92. The third-order valence-corrected chi connectivity index (χ3v) is 5.98.